The number of carbonyl (C=O) groups is 3. The van der Waals surface area contributed by atoms with Gasteiger partial charge in [-0.15, -0.1) is 0 Å². The van der Waals surface area contributed by atoms with Crippen LogP contribution in [0.4, 0.5) is 4.79 Å². The number of imide groups is 1. The van der Waals surface area contributed by atoms with Crippen LogP contribution < -0.4 is 10.6 Å². The minimum atomic E-state index is -0.607. The molecule has 1 aliphatic heterocycles. The van der Waals surface area contributed by atoms with Gasteiger partial charge in [-0.3, -0.25) is 19.8 Å². The zero-order valence-corrected chi connectivity index (χ0v) is 15.8. The lowest BCUT2D eigenvalue weighted by molar-refractivity contribution is -0.126. The lowest BCUT2D eigenvalue weighted by atomic mass is 10.0. The molecule has 4 amide bonds. The standard InChI is InChI=1S/C20H24N4O4/c1-2-21-20(27)22-18(25)17(15-7-4-3-5-8-15)23-10-12-24(13-11-23)19(26)16-9-6-14-28-16/h3-9,14,17H,2,10-13H2,1H3,(H2,21,22,25,27). The molecule has 28 heavy (non-hydrogen) atoms. The van der Waals surface area contributed by atoms with E-state index in [9.17, 15) is 14.4 Å². The van der Waals surface area contributed by atoms with Crippen molar-refractivity contribution in [2.75, 3.05) is 32.7 Å². The molecule has 1 aromatic heterocycles. The Kier molecular flexibility index (Phi) is 6.44. The Balaban J connectivity index is 1.70. The van der Waals surface area contributed by atoms with Gasteiger partial charge >= 0.3 is 6.03 Å². The van der Waals surface area contributed by atoms with E-state index >= 15 is 0 Å². The third-order valence-electron chi connectivity index (χ3n) is 4.64. The molecule has 1 aliphatic rings. The molecule has 3 rings (SSSR count). The summed E-state index contributed by atoms with van der Waals surface area (Å²) < 4.78 is 5.18. The molecule has 0 bridgehead atoms. The number of hydrogen-bond donors (Lipinski definition) is 2. The molecule has 148 valence electrons. The summed E-state index contributed by atoms with van der Waals surface area (Å²) in [4.78, 5) is 40.8. The fraction of sp³-hybridized carbons (Fsp3) is 0.350. The monoisotopic (exact) mass is 384 g/mol. The number of furan rings is 1. The zero-order chi connectivity index (χ0) is 19.9. The van der Waals surface area contributed by atoms with Crippen molar-refractivity contribution in [3.05, 3.63) is 60.1 Å². The molecule has 1 atom stereocenters. The first-order valence-corrected chi connectivity index (χ1v) is 9.30. The van der Waals surface area contributed by atoms with Crippen molar-refractivity contribution in [3.8, 4) is 0 Å². The molecule has 1 unspecified atom stereocenters. The summed E-state index contributed by atoms with van der Waals surface area (Å²) in [5.41, 5.74) is 0.801. The van der Waals surface area contributed by atoms with E-state index in [1.165, 1.54) is 6.26 Å². The molecular formula is C20H24N4O4. The van der Waals surface area contributed by atoms with Crippen LogP contribution in [-0.4, -0.2) is 60.4 Å². The Hall–Kier alpha value is -3.13. The van der Waals surface area contributed by atoms with Crippen LogP contribution in [0.2, 0.25) is 0 Å². The molecule has 2 heterocycles. The van der Waals surface area contributed by atoms with Gasteiger partial charge in [-0.25, -0.2) is 4.79 Å². The van der Waals surface area contributed by atoms with Crippen LogP contribution in [0.3, 0.4) is 0 Å². The second-order valence-corrected chi connectivity index (χ2v) is 6.47. The Bertz CT molecular complexity index is 799. The van der Waals surface area contributed by atoms with Gasteiger partial charge in [-0.1, -0.05) is 30.3 Å². The lowest BCUT2D eigenvalue weighted by Crippen LogP contribution is -2.53. The Morgan fingerprint density at radius 2 is 1.75 bits per heavy atom. The number of urea groups is 1. The van der Waals surface area contributed by atoms with E-state index in [2.05, 4.69) is 10.6 Å². The van der Waals surface area contributed by atoms with Crippen LogP contribution >= 0.6 is 0 Å². The number of piperazine rings is 1. The molecule has 0 aliphatic carbocycles. The third kappa shape index (κ3) is 4.58. The summed E-state index contributed by atoms with van der Waals surface area (Å²) in [6.07, 6.45) is 1.47. The smallest absolute Gasteiger partial charge is 0.321 e. The number of benzene rings is 1. The summed E-state index contributed by atoms with van der Waals surface area (Å²) in [6, 6.07) is 11.5. The van der Waals surface area contributed by atoms with Crippen LogP contribution in [-0.2, 0) is 4.79 Å². The lowest BCUT2D eigenvalue weighted by Gasteiger charge is -2.38. The third-order valence-corrected chi connectivity index (χ3v) is 4.64. The molecule has 0 radical (unpaired) electrons. The number of carbonyl (C=O) groups excluding carboxylic acids is 3. The number of nitrogens with zero attached hydrogens (tertiary/aromatic N) is 2. The van der Waals surface area contributed by atoms with Gasteiger partial charge in [0.25, 0.3) is 5.91 Å². The summed E-state index contributed by atoms with van der Waals surface area (Å²) >= 11 is 0. The highest BCUT2D eigenvalue weighted by atomic mass is 16.3. The van der Waals surface area contributed by atoms with Crippen LogP contribution in [0.25, 0.3) is 0 Å². The molecule has 2 aromatic rings. The second kappa shape index (κ2) is 9.18. The summed E-state index contributed by atoms with van der Waals surface area (Å²) in [6.45, 7) is 4.18. The first-order valence-electron chi connectivity index (χ1n) is 9.30. The molecule has 1 fully saturated rings. The SMILES string of the molecule is CCNC(=O)NC(=O)C(c1ccccc1)N1CCN(C(=O)c2ccco2)CC1. The normalized spacial score (nSPS) is 15.7. The van der Waals surface area contributed by atoms with Gasteiger partial charge in [0.05, 0.1) is 6.26 Å². The predicted octanol–water partition coefficient (Wildman–Crippen LogP) is 1.62. The predicted molar refractivity (Wildman–Crippen MR) is 103 cm³/mol. The van der Waals surface area contributed by atoms with Crippen LogP contribution in [0.5, 0.6) is 0 Å². The van der Waals surface area contributed by atoms with Crippen LogP contribution in [0.1, 0.15) is 29.1 Å². The Morgan fingerprint density at radius 1 is 1.04 bits per heavy atom. The van der Waals surface area contributed by atoms with Crippen molar-refractivity contribution in [1.82, 2.24) is 20.4 Å². The average molecular weight is 384 g/mol. The molecule has 2 N–H and O–H groups in total. The molecule has 1 saturated heterocycles. The van der Waals surface area contributed by atoms with E-state index < -0.39 is 12.1 Å². The fourth-order valence-electron chi connectivity index (χ4n) is 3.29. The number of rotatable bonds is 5. The maximum Gasteiger partial charge on any atom is 0.321 e. The van der Waals surface area contributed by atoms with E-state index in [4.69, 9.17) is 4.42 Å². The maximum absolute atomic E-state index is 12.8. The Morgan fingerprint density at radius 3 is 2.36 bits per heavy atom. The minimum absolute atomic E-state index is 0.160. The van der Waals surface area contributed by atoms with E-state index in [1.807, 2.05) is 35.2 Å². The summed E-state index contributed by atoms with van der Waals surface area (Å²) in [7, 11) is 0. The van der Waals surface area contributed by atoms with Crippen molar-refractivity contribution in [1.29, 1.82) is 0 Å². The molecule has 1 aromatic carbocycles. The zero-order valence-electron chi connectivity index (χ0n) is 15.8. The largest absolute Gasteiger partial charge is 0.459 e. The molecule has 0 spiro atoms. The van der Waals surface area contributed by atoms with E-state index in [0.29, 0.717) is 38.5 Å². The fourth-order valence-corrected chi connectivity index (χ4v) is 3.29. The number of nitrogens with one attached hydrogen (secondary N) is 2. The van der Waals surface area contributed by atoms with Crippen molar-refractivity contribution >= 4 is 17.8 Å². The van der Waals surface area contributed by atoms with Gasteiger partial charge in [0.2, 0.25) is 5.91 Å². The average Bonchev–Trinajstić information content (AvgIpc) is 3.24. The van der Waals surface area contributed by atoms with E-state index in [-0.39, 0.29) is 11.8 Å². The summed E-state index contributed by atoms with van der Waals surface area (Å²) in [5, 5.41) is 4.98. The first-order chi connectivity index (χ1) is 13.6. The van der Waals surface area contributed by atoms with Gasteiger partial charge < -0.3 is 14.6 Å². The van der Waals surface area contributed by atoms with Crippen LogP contribution in [0, 0.1) is 0 Å². The number of hydrogen-bond acceptors (Lipinski definition) is 5. The van der Waals surface area contributed by atoms with Crippen molar-refractivity contribution in [2.45, 2.75) is 13.0 Å². The quantitative estimate of drug-likeness (QED) is 0.817. The topological polar surface area (TPSA) is 94.9 Å². The van der Waals surface area contributed by atoms with Crippen molar-refractivity contribution < 1.29 is 18.8 Å². The molecular weight excluding hydrogens is 360 g/mol. The molecule has 8 nitrogen and oxygen atoms in total. The second-order valence-electron chi connectivity index (χ2n) is 6.47. The van der Waals surface area contributed by atoms with Crippen molar-refractivity contribution in [3.63, 3.8) is 0 Å². The molecule has 8 heteroatoms. The Labute approximate surface area is 163 Å². The van der Waals surface area contributed by atoms with Gasteiger partial charge in [0, 0.05) is 32.7 Å². The number of amides is 4. The van der Waals surface area contributed by atoms with E-state index in [0.717, 1.165) is 5.56 Å². The van der Waals surface area contributed by atoms with Crippen LogP contribution in [0.15, 0.2) is 53.1 Å². The van der Waals surface area contributed by atoms with Gasteiger partial charge in [-0.05, 0) is 24.6 Å². The highest BCUT2D eigenvalue weighted by Crippen LogP contribution is 2.23. The van der Waals surface area contributed by atoms with Gasteiger partial charge in [-0.2, -0.15) is 0 Å². The molecule has 0 saturated carbocycles. The van der Waals surface area contributed by atoms with Gasteiger partial charge in [0.15, 0.2) is 5.76 Å². The van der Waals surface area contributed by atoms with Gasteiger partial charge in [0.1, 0.15) is 6.04 Å². The minimum Gasteiger partial charge on any atom is -0.459 e. The summed E-state index contributed by atoms with van der Waals surface area (Å²) in [5.74, 6) is -0.238. The highest BCUT2D eigenvalue weighted by molar-refractivity contribution is 5.97. The van der Waals surface area contributed by atoms with E-state index in [1.54, 1.807) is 24.0 Å². The maximum atomic E-state index is 12.8. The highest BCUT2D eigenvalue weighted by Gasteiger charge is 2.33. The van der Waals surface area contributed by atoms with Crippen molar-refractivity contribution in [2.24, 2.45) is 0 Å². The first kappa shape index (κ1) is 19.6.